The van der Waals surface area contributed by atoms with Crippen molar-refractivity contribution < 1.29 is 9.59 Å². The Labute approximate surface area is 145 Å². The highest BCUT2D eigenvalue weighted by molar-refractivity contribution is 6.07. The minimum Gasteiger partial charge on any atom is -0.366 e. The number of amides is 2. The number of rotatable bonds is 12. The van der Waals surface area contributed by atoms with E-state index in [0.29, 0.717) is 24.2 Å². The molecule has 0 aliphatic carbocycles. The van der Waals surface area contributed by atoms with Gasteiger partial charge in [-0.2, -0.15) is 0 Å². The number of nitrogens with one attached hydrogen (secondary N) is 1. The van der Waals surface area contributed by atoms with E-state index in [1.165, 1.54) is 31.7 Å². The average molecular weight is 333 g/mol. The summed E-state index contributed by atoms with van der Waals surface area (Å²) in [5.41, 5.74) is 6.70. The molecule has 134 valence electrons. The third-order valence-corrected chi connectivity index (χ3v) is 4.11. The molecule has 1 aromatic rings. The number of nitrogens with zero attached hydrogens (tertiary/aromatic N) is 1. The van der Waals surface area contributed by atoms with Crippen LogP contribution in [-0.2, 0) is 6.42 Å². The number of hydrogen-bond acceptors (Lipinski definition) is 3. The fourth-order valence-corrected chi connectivity index (χ4v) is 2.69. The van der Waals surface area contributed by atoms with Crippen LogP contribution in [0.4, 0.5) is 0 Å². The number of carbonyl (C=O) groups is 2. The van der Waals surface area contributed by atoms with Gasteiger partial charge in [-0.1, -0.05) is 52.4 Å². The van der Waals surface area contributed by atoms with E-state index in [0.717, 1.165) is 25.7 Å². The van der Waals surface area contributed by atoms with E-state index in [-0.39, 0.29) is 11.5 Å². The lowest BCUT2D eigenvalue weighted by Crippen LogP contribution is -2.29. The molecule has 0 bridgehead atoms. The van der Waals surface area contributed by atoms with Gasteiger partial charge in [0.15, 0.2) is 0 Å². The first-order valence-electron chi connectivity index (χ1n) is 9.17. The monoisotopic (exact) mass is 333 g/mol. The van der Waals surface area contributed by atoms with Gasteiger partial charge in [-0.05, 0) is 25.3 Å². The molecular formula is C19H31N3O2. The summed E-state index contributed by atoms with van der Waals surface area (Å²) in [6.07, 6.45) is 11.2. The highest BCUT2D eigenvalue weighted by Crippen LogP contribution is 2.15. The normalized spacial score (nSPS) is 10.6. The number of carbonyl (C=O) groups excluding carboxylic acids is 2. The Morgan fingerprint density at radius 1 is 1.04 bits per heavy atom. The van der Waals surface area contributed by atoms with E-state index in [9.17, 15) is 9.59 Å². The molecule has 0 fully saturated rings. The van der Waals surface area contributed by atoms with E-state index in [2.05, 4.69) is 24.1 Å². The van der Waals surface area contributed by atoms with Gasteiger partial charge in [0.05, 0.1) is 16.8 Å². The minimum absolute atomic E-state index is 0.239. The van der Waals surface area contributed by atoms with Crippen LogP contribution in [0.5, 0.6) is 0 Å². The van der Waals surface area contributed by atoms with Crippen molar-refractivity contribution in [1.29, 1.82) is 0 Å². The maximum absolute atomic E-state index is 12.5. The number of pyridine rings is 1. The van der Waals surface area contributed by atoms with Gasteiger partial charge in [-0.3, -0.25) is 14.6 Å². The Morgan fingerprint density at radius 2 is 1.71 bits per heavy atom. The molecule has 5 nitrogen and oxygen atoms in total. The number of aryl methyl sites for hydroxylation is 1. The highest BCUT2D eigenvalue weighted by atomic mass is 16.2. The largest absolute Gasteiger partial charge is 0.366 e. The number of unbranched alkanes of at least 4 members (excludes halogenated alkanes) is 6. The van der Waals surface area contributed by atoms with Gasteiger partial charge in [0, 0.05) is 12.7 Å². The van der Waals surface area contributed by atoms with Crippen LogP contribution in [0, 0.1) is 0 Å². The van der Waals surface area contributed by atoms with E-state index in [1.54, 1.807) is 6.20 Å². The third-order valence-electron chi connectivity index (χ3n) is 4.11. The molecule has 0 aromatic carbocycles. The quantitative estimate of drug-likeness (QED) is 0.573. The van der Waals surface area contributed by atoms with Crippen LogP contribution >= 0.6 is 0 Å². The molecule has 1 rings (SSSR count). The molecule has 0 atom stereocenters. The molecule has 1 aromatic heterocycles. The van der Waals surface area contributed by atoms with Crippen LogP contribution in [-0.4, -0.2) is 23.3 Å². The summed E-state index contributed by atoms with van der Waals surface area (Å²) in [7, 11) is 0. The van der Waals surface area contributed by atoms with Gasteiger partial charge >= 0.3 is 0 Å². The summed E-state index contributed by atoms with van der Waals surface area (Å²) >= 11 is 0. The standard InChI is InChI=1S/C19H31N3O2/c1-3-5-7-8-9-10-13-22-19(24)17-15(18(20)23)12-14-21-16(17)11-6-4-2/h12,14H,3-11,13H2,1-2H3,(H2,20,23)(H,22,24). The van der Waals surface area contributed by atoms with Gasteiger partial charge in [-0.25, -0.2) is 0 Å². The number of aromatic nitrogens is 1. The molecule has 0 radical (unpaired) electrons. The average Bonchev–Trinajstić information content (AvgIpc) is 2.58. The summed E-state index contributed by atoms with van der Waals surface area (Å²) in [6.45, 7) is 4.89. The molecule has 1 heterocycles. The molecule has 0 unspecified atom stereocenters. The Morgan fingerprint density at radius 3 is 2.38 bits per heavy atom. The molecule has 2 amide bonds. The van der Waals surface area contributed by atoms with E-state index in [1.807, 2.05) is 0 Å². The van der Waals surface area contributed by atoms with Gasteiger partial charge in [0.25, 0.3) is 5.91 Å². The van der Waals surface area contributed by atoms with Crippen molar-refractivity contribution in [3.05, 3.63) is 29.1 Å². The fourth-order valence-electron chi connectivity index (χ4n) is 2.69. The summed E-state index contributed by atoms with van der Waals surface area (Å²) in [5.74, 6) is -0.823. The molecule has 0 aliphatic heterocycles. The van der Waals surface area contributed by atoms with E-state index < -0.39 is 5.91 Å². The zero-order valence-corrected chi connectivity index (χ0v) is 15.1. The van der Waals surface area contributed by atoms with Crippen LogP contribution in [0.3, 0.4) is 0 Å². The van der Waals surface area contributed by atoms with Crippen molar-refractivity contribution in [2.75, 3.05) is 6.54 Å². The Bertz CT molecular complexity index is 529. The third kappa shape index (κ3) is 6.69. The van der Waals surface area contributed by atoms with E-state index in [4.69, 9.17) is 5.73 Å². The predicted molar refractivity (Wildman–Crippen MR) is 97.1 cm³/mol. The molecule has 24 heavy (non-hydrogen) atoms. The summed E-state index contributed by atoms with van der Waals surface area (Å²) in [6, 6.07) is 1.53. The zero-order chi connectivity index (χ0) is 17.8. The first-order valence-corrected chi connectivity index (χ1v) is 9.17. The minimum atomic E-state index is -0.583. The summed E-state index contributed by atoms with van der Waals surface area (Å²) in [4.78, 5) is 28.5. The van der Waals surface area contributed by atoms with E-state index >= 15 is 0 Å². The van der Waals surface area contributed by atoms with Crippen molar-refractivity contribution in [2.24, 2.45) is 5.73 Å². The zero-order valence-electron chi connectivity index (χ0n) is 15.1. The summed E-state index contributed by atoms with van der Waals surface area (Å²) in [5, 5.41) is 2.92. The maximum atomic E-state index is 12.5. The smallest absolute Gasteiger partial charge is 0.253 e. The lowest BCUT2D eigenvalue weighted by atomic mass is 10.0. The molecular weight excluding hydrogens is 302 g/mol. The van der Waals surface area contributed by atoms with Gasteiger partial charge in [-0.15, -0.1) is 0 Å². The first kappa shape index (κ1) is 20.1. The number of hydrogen-bond donors (Lipinski definition) is 2. The Kier molecular flexibility index (Phi) is 9.73. The first-order chi connectivity index (χ1) is 11.6. The Balaban J connectivity index is 2.65. The topological polar surface area (TPSA) is 85.1 Å². The lowest BCUT2D eigenvalue weighted by molar-refractivity contribution is 0.0934. The second kappa shape index (κ2) is 11.6. The second-order valence-electron chi connectivity index (χ2n) is 6.17. The van der Waals surface area contributed by atoms with Gasteiger partial charge in [0.2, 0.25) is 5.91 Å². The maximum Gasteiger partial charge on any atom is 0.253 e. The predicted octanol–water partition coefficient (Wildman–Crippen LogP) is 3.61. The Hall–Kier alpha value is -1.91. The SMILES string of the molecule is CCCCCCCCNC(=O)c1c(C(N)=O)ccnc1CCCC. The van der Waals surface area contributed by atoms with Crippen LogP contribution in [0.2, 0.25) is 0 Å². The van der Waals surface area contributed by atoms with Crippen molar-refractivity contribution in [2.45, 2.75) is 71.6 Å². The molecule has 3 N–H and O–H groups in total. The summed E-state index contributed by atoms with van der Waals surface area (Å²) < 4.78 is 0. The van der Waals surface area contributed by atoms with Gasteiger partial charge in [0.1, 0.15) is 0 Å². The fraction of sp³-hybridized carbons (Fsp3) is 0.632. The molecule has 0 saturated heterocycles. The molecule has 5 heteroatoms. The van der Waals surface area contributed by atoms with Crippen molar-refractivity contribution in [3.63, 3.8) is 0 Å². The molecule has 0 aliphatic rings. The van der Waals surface area contributed by atoms with Crippen molar-refractivity contribution >= 4 is 11.8 Å². The van der Waals surface area contributed by atoms with Crippen LogP contribution in [0.1, 0.15) is 91.6 Å². The molecule has 0 spiro atoms. The van der Waals surface area contributed by atoms with Crippen LogP contribution < -0.4 is 11.1 Å². The van der Waals surface area contributed by atoms with Crippen LogP contribution in [0.15, 0.2) is 12.3 Å². The highest BCUT2D eigenvalue weighted by Gasteiger charge is 2.19. The van der Waals surface area contributed by atoms with Crippen molar-refractivity contribution in [3.8, 4) is 0 Å². The lowest BCUT2D eigenvalue weighted by Gasteiger charge is -2.12. The number of primary amides is 1. The van der Waals surface area contributed by atoms with Gasteiger partial charge < -0.3 is 11.1 Å². The number of nitrogens with two attached hydrogens (primary N) is 1. The molecule has 0 saturated carbocycles. The van der Waals surface area contributed by atoms with Crippen LogP contribution in [0.25, 0.3) is 0 Å². The second-order valence-corrected chi connectivity index (χ2v) is 6.17. The van der Waals surface area contributed by atoms with Crippen molar-refractivity contribution in [1.82, 2.24) is 10.3 Å².